The number of methoxy groups -OCH3 is 1. The van der Waals surface area contributed by atoms with E-state index in [-0.39, 0.29) is 30.2 Å². The molecule has 0 saturated heterocycles. The van der Waals surface area contributed by atoms with E-state index in [1.807, 2.05) is 0 Å². The van der Waals surface area contributed by atoms with Crippen LogP contribution in [0, 0.1) is 10.1 Å². The summed E-state index contributed by atoms with van der Waals surface area (Å²) < 4.78 is 9.81. The molecule has 0 fully saturated rings. The number of nitro benzene ring substituents is 1. The van der Waals surface area contributed by atoms with Gasteiger partial charge < -0.3 is 14.6 Å². The molecule has 0 heterocycles. The lowest BCUT2D eigenvalue weighted by Gasteiger charge is -2.08. The second kappa shape index (κ2) is 5.80. The first-order valence-electron chi connectivity index (χ1n) is 4.70. The summed E-state index contributed by atoms with van der Waals surface area (Å²) in [4.78, 5) is 20.9. The van der Waals surface area contributed by atoms with Gasteiger partial charge in [0.2, 0.25) is 5.75 Å². The van der Waals surface area contributed by atoms with Gasteiger partial charge in [0, 0.05) is 13.2 Å². The fourth-order valence-electron chi connectivity index (χ4n) is 1.22. The Labute approximate surface area is 96.7 Å². The summed E-state index contributed by atoms with van der Waals surface area (Å²) in [6, 6.07) is 3.73. The standard InChI is InChI=1S/C10H11NO6/c1-16-5-6-17-9-7(10(12)13)3-2-4-8(9)11(14)15/h2-4H,5-6H2,1H3,(H,12,13). The largest absolute Gasteiger partial charge is 0.484 e. The Kier molecular flexibility index (Phi) is 4.41. The van der Waals surface area contributed by atoms with Gasteiger partial charge in [-0.15, -0.1) is 0 Å². The van der Waals surface area contributed by atoms with Crippen molar-refractivity contribution in [2.24, 2.45) is 0 Å². The Morgan fingerprint density at radius 3 is 2.71 bits per heavy atom. The molecule has 0 radical (unpaired) electrons. The molecule has 0 amide bonds. The number of hydrogen-bond acceptors (Lipinski definition) is 5. The maximum atomic E-state index is 10.9. The lowest BCUT2D eigenvalue weighted by molar-refractivity contribution is -0.385. The Balaban J connectivity index is 3.10. The Bertz CT molecular complexity index is 399. The van der Waals surface area contributed by atoms with Crippen LogP contribution in [0.15, 0.2) is 18.2 Å². The van der Waals surface area contributed by atoms with Crippen LogP contribution in [-0.2, 0) is 4.74 Å². The van der Waals surface area contributed by atoms with Gasteiger partial charge in [0.1, 0.15) is 12.2 Å². The van der Waals surface area contributed by atoms with Crippen molar-refractivity contribution in [2.45, 2.75) is 0 Å². The van der Waals surface area contributed by atoms with E-state index in [1.54, 1.807) is 0 Å². The van der Waals surface area contributed by atoms with E-state index in [1.165, 1.54) is 25.3 Å². The Morgan fingerprint density at radius 1 is 1.47 bits per heavy atom. The summed E-state index contributed by atoms with van der Waals surface area (Å²) in [7, 11) is 1.45. The molecule has 0 bridgehead atoms. The number of hydrogen-bond donors (Lipinski definition) is 1. The molecule has 7 heteroatoms. The summed E-state index contributed by atoms with van der Waals surface area (Å²) in [5.41, 5.74) is -0.615. The maximum absolute atomic E-state index is 10.9. The van der Waals surface area contributed by atoms with Crippen molar-refractivity contribution in [3.8, 4) is 5.75 Å². The zero-order chi connectivity index (χ0) is 12.8. The van der Waals surface area contributed by atoms with Crippen molar-refractivity contribution in [1.29, 1.82) is 0 Å². The van der Waals surface area contributed by atoms with E-state index in [2.05, 4.69) is 0 Å². The zero-order valence-corrected chi connectivity index (χ0v) is 9.08. The number of nitrogens with zero attached hydrogens (tertiary/aromatic N) is 1. The minimum atomic E-state index is -1.28. The van der Waals surface area contributed by atoms with Crippen molar-refractivity contribution in [1.82, 2.24) is 0 Å². The second-order valence-corrected chi connectivity index (χ2v) is 3.06. The van der Waals surface area contributed by atoms with E-state index in [9.17, 15) is 14.9 Å². The van der Waals surface area contributed by atoms with Crippen LogP contribution in [0.25, 0.3) is 0 Å². The van der Waals surface area contributed by atoms with E-state index < -0.39 is 10.9 Å². The number of ether oxygens (including phenoxy) is 2. The van der Waals surface area contributed by atoms with Crippen LogP contribution in [0.2, 0.25) is 0 Å². The van der Waals surface area contributed by atoms with Crippen LogP contribution in [0.4, 0.5) is 5.69 Å². The number of carboxylic acids is 1. The number of nitro groups is 1. The third kappa shape index (κ3) is 3.15. The molecule has 1 aromatic rings. The van der Waals surface area contributed by atoms with Gasteiger partial charge in [0.25, 0.3) is 0 Å². The third-order valence-corrected chi connectivity index (χ3v) is 1.96. The van der Waals surface area contributed by atoms with Crippen LogP contribution in [-0.4, -0.2) is 36.3 Å². The second-order valence-electron chi connectivity index (χ2n) is 3.06. The lowest BCUT2D eigenvalue weighted by atomic mass is 10.2. The fraction of sp³-hybridized carbons (Fsp3) is 0.300. The van der Waals surface area contributed by atoms with Gasteiger partial charge in [-0.25, -0.2) is 4.79 Å². The smallest absolute Gasteiger partial charge is 0.339 e. The van der Waals surface area contributed by atoms with Gasteiger partial charge in [-0.3, -0.25) is 10.1 Å². The lowest BCUT2D eigenvalue weighted by Crippen LogP contribution is -2.10. The molecular formula is C10H11NO6. The predicted molar refractivity (Wildman–Crippen MR) is 57.4 cm³/mol. The van der Waals surface area contributed by atoms with Crippen LogP contribution in [0.1, 0.15) is 10.4 Å². The van der Waals surface area contributed by atoms with E-state index >= 15 is 0 Å². The molecule has 7 nitrogen and oxygen atoms in total. The highest BCUT2D eigenvalue weighted by Gasteiger charge is 2.22. The van der Waals surface area contributed by atoms with Gasteiger partial charge in [-0.2, -0.15) is 0 Å². The third-order valence-electron chi connectivity index (χ3n) is 1.96. The molecule has 0 aromatic heterocycles. The minimum absolute atomic E-state index is 0.0433. The molecule has 0 atom stereocenters. The van der Waals surface area contributed by atoms with E-state index in [0.29, 0.717) is 0 Å². The quantitative estimate of drug-likeness (QED) is 0.458. The molecule has 0 aliphatic heterocycles. The summed E-state index contributed by atoms with van der Waals surface area (Å²) in [5, 5.41) is 19.6. The summed E-state index contributed by atoms with van der Waals surface area (Å²) in [6.45, 7) is 0.257. The highest BCUT2D eigenvalue weighted by atomic mass is 16.6. The zero-order valence-electron chi connectivity index (χ0n) is 9.08. The van der Waals surface area contributed by atoms with Crippen LogP contribution < -0.4 is 4.74 Å². The summed E-state index contributed by atoms with van der Waals surface area (Å²) >= 11 is 0. The molecule has 0 saturated carbocycles. The number of benzene rings is 1. The number of carboxylic acid groups (broad SMARTS) is 1. The topological polar surface area (TPSA) is 98.9 Å². The normalized spacial score (nSPS) is 9.94. The van der Waals surface area contributed by atoms with Crippen LogP contribution in [0.3, 0.4) is 0 Å². The van der Waals surface area contributed by atoms with Gasteiger partial charge in [-0.05, 0) is 6.07 Å². The van der Waals surface area contributed by atoms with Crippen molar-refractivity contribution in [3.05, 3.63) is 33.9 Å². The number of para-hydroxylation sites is 1. The van der Waals surface area contributed by atoms with Gasteiger partial charge >= 0.3 is 11.7 Å². The van der Waals surface area contributed by atoms with Crippen LogP contribution >= 0.6 is 0 Å². The van der Waals surface area contributed by atoms with Crippen molar-refractivity contribution in [2.75, 3.05) is 20.3 Å². The average Bonchev–Trinajstić information content (AvgIpc) is 2.28. The van der Waals surface area contributed by atoms with Crippen LogP contribution in [0.5, 0.6) is 5.75 Å². The molecule has 1 aromatic carbocycles. The minimum Gasteiger partial charge on any atom is -0.484 e. The summed E-state index contributed by atoms with van der Waals surface area (Å²) in [5.74, 6) is -1.52. The van der Waals surface area contributed by atoms with E-state index in [4.69, 9.17) is 14.6 Å². The molecule has 0 aliphatic rings. The number of carbonyl (C=O) groups is 1. The Morgan fingerprint density at radius 2 is 2.18 bits per heavy atom. The monoisotopic (exact) mass is 241 g/mol. The van der Waals surface area contributed by atoms with Gasteiger partial charge in [0.15, 0.2) is 0 Å². The van der Waals surface area contributed by atoms with E-state index in [0.717, 1.165) is 0 Å². The highest BCUT2D eigenvalue weighted by molar-refractivity contribution is 5.92. The van der Waals surface area contributed by atoms with Gasteiger partial charge in [0.05, 0.1) is 11.5 Å². The first kappa shape index (κ1) is 12.9. The molecule has 1 rings (SSSR count). The van der Waals surface area contributed by atoms with Crippen molar-refractivity contribution < 1.29 is 24.3 Å². The van der Waals surface area contributed by atoms with Gasteiger partial charge in [-0.1, -0.05) is 6.07 Å². The molecular weight excluding hydrogens is 230 g/mol. The van der Waals surface area contributed by atoms with Crippen molar-refractivity contribution in [3.63, 3.8) is 0 Å². The first-order chi connectivity index (χ1) is 8.07. The van der Waals surface area contributed by atoms with Crippen molar-refractivity contribution >= 4 is 11.7 Å². The molecule has 0 aliphatic carbocycles. The summed E-state index contributed by atoms with van der Waals surface area (Å²) in [6.07, 6.45) is 0. The maximum Gasteiger partial charge on any atom is 0.339 e. The average molecular weight is 241 g/mol. The molecule has 17 heavy (non-hydrogen) atoms. The number of aromatic carboxylic acids is 1. The molecule has 92 valence electrons. The molecule has 0 spiro atoms. The Hall–Kier alpha value is -2.15. The highest BCUT2D eigenvalue weighted by Crippen LogP contribution is 2.30. The number of rotatable bonds is 6. The fourth-order valence-corrected chi connectivity index (χ4v) is 1.22. The SMILES string of the molecule is COCCOc1c(C(=O)O)cccc1[N+](=O)[O-]. The predicted octanol–water partition coefficient (Wildman–Crippen LogP) is 1.32. The molecule has 0 unspecified atom stereocenters. The first-order valence-corrected chi connectivity index (χ1v) is 4.70. The molecule has 1 N–H and O–H groups in total.